The summed E-state index contributed by atoms with van der Waals surface area (Å²) in [6, 6.07) is 19.7. The Labute approximate surface area is 214 Å². The summed E-state index contributed by atoms with van der Waals surface area (Å²) in [7, 11) is 0. The molecule has 2 aliphatic rings. The molecule has 1 amide bonds. The highest BCUT2D eigenvalue weighted by atomic mass is 35.5. The predicted octanol–water partition coefficient (Wildman–Crippen LogP) is 6.63. The number of para-hydroxylation sites is 1. The number of ketones is 1. The van der Waals surface area contributed by atoms with Crippen LogP contribution in [0.2, 0.25) is 5.02 Å². The largest absolute Gasteiger partial charge is 0.507 e. The van der Waals surface area contributed by atoms with Crippen LogP contribution in [0.1, 0.15) is 46.8 Å². The Morgan fingerprint density at radius 2 is 1.69 bits per heavy atom. The Morgan fingerprint density at radius 1 is 0.972 bits per heavy atom. The lowest BCUT2D eigenvalue weighted by Gasteiger charge is -2.26. The Hall–Kier alpha value is -3.83. The summed E-state index contributed by atoms with van der Waals surface area (Å²) in [5.74, 6) is -1.52. The fourth-order valence-corrected chi connectivity index (χ4v) is 5.79. The van der Waals surface area contributed by atoms with Gasteiger partial charge >= 0.3 is 0 Å². The number of aromatic amines is 1. The van der Waals surface area contributed by atoms with Crippen molar-refractivity contribution in [2.24, 2.45) is 0 Å². The number of aryl methyl sites for hydroxylation is 3. The average molecular weight is 497 g/mol. The van der Waals surface area contributed by atoms with E-state index < -0.39 is 17.7 Å². The quantitative estimate of drug-likeness (QED) is 0.190. The molecule has 1 saturated heterocycles. The molecule has 0 spiro atoms. The lowest BCUT2D eigenvalue weighted by atomic mass is 9.88. The van der Waals surface area contributed by atoms with Gasteiger partial charge < -0.3 is 10.1 Å². The minimum absolute atomic E-state index is 0.0959. The molecule has 1 aromatic heterocycles. The molecule has 1 aliphatic heterocycles. The van der Waals surface area contributed by atoms with Gasteiger partial charge in [-0.15, -0.1) is 0 Å². The molecule has 1 atom stereocenters. The zero-order chi connectivity index (χ0) is 25.0. The zero-order valence-corrected chi connectivity index (χ0v) is 20.6. The van der Waals surface area contributed by atoms with Crippen LogP contribution in [0.3, 0.4) is 0 Å². The lowest BCUT2D eigenvalue weighted by Crippen LogP contribution is -2.29. The third-order valence-electron chi connectivity index (χ3n) is 7.39. The van der Waals surface area contributed by atoms with Gasteiger partial charge in [0.2, 0.25) is 0 Å². The number of hydrogen-bond acceptors (Lipinski definition) is 3. The maximum absolute atomic E-state index is 13.6. The monoisotopic (exact) mass is 496 g/mol. The molecule has 1 aliphatic carbocycles. The number of rotatable bonds is 3. The molecule has 3 aromatic carbocycles. The molecule has 2 N–H and O–H groups in total. The third kappa shape index (κ3) is 3.54. The molecular formula is C30H25ClN2O3. The summed E-state index contributed by atoms with van der Waals surface area (Å²) in [6.07, 6.45) is 4.23. The number of nitrogens with zero attached hydrogens (tertiary/aromatic N) is 1. The first-order valence-corrected chi connectivity index (χ1v) is 12.6. The molecule has 0 radical (unpaired) electrons. The maximum Gasteiger partial charge on any atom is 0.300 e. The standard InChI is InChI=1S/C30H25ClN2O3/c1-17-25(23-8-4-5-9-24(23)32-17)27-26(28(34)20-11-10-18-6-2-3-7-19(18)16-20)29(35)30(36)33(27)22-14-12-21(31)13-15-22/h4-5,8-16,27,32,34H,2-3,6-7H2,1H3/b28-26+. The predicted molar refractivity (Wildman–Crippen MR) is 142 cm³/mol. The smallest absolute Gasteiger partial charge is 0.300 e. The van der Waals surface area contributed by atoms with Crippen molar-refractivity contribution in [1.29, 1.82) is 0 Å². The van der Waals surface area contributed by atoms with Gasteiger partial charge in [0, 0.05) is 38.4 Å². The SMILES string of the molecule is Cc1[nH]c2ccccc2c1C1/C(=C(\O)c2ccc3c(c2)CCCC3)C(=O)C(=O)N1c1ccc(Cl)cc1. The second-order valence-electron chi connectivity index (χ2n) is 9.55. The van der Waals surface area contributed by atoms with E-state index in [1.165, 1.54) is 16.0 Å². The van der Waals surface area contributed by atoms with Gasteiger partial charge in [-0.1, -0.05) is 41.9 Å². The van der Waals surface area contributed by atoms with Gasteiger partial charge in [-0.3, -0.25) is 14.5 Å². The number of fused-ring (bicyclic) bond motifs is 2. The number of aliphatic hydroxyl groups is 1. The first-order valence-electron chi connectivity index (χ1n) is 12.2. The van der Waals surface area contributed by atoms with Gasteiger partial charge in [0.25, 0.3) is 11.7 Å². The van der Waals surface area contributed by atoms with Crippen LogP contribution in [0.15, 0.2) is 72.3 Å². The highest BCUT2D eigenvalue weighted by Crippen LogP contribution is 2.45. The molecular weight excluding hydrogens is 472 g/mol. The van der Waals surface area contributed by atoms with Crippen LogP contribution >= 0.6 is 11.6 Å². The van der Waals surface area contributed by atoms with Gasteiger partial charge in [-0.2, -0.15) is 0 Å². The normalized spacial score (nSPS) is 19.2. The highest BCUT2D eigenvalue weighted by molar-refractivity contribution is 6.52. The number of anilines is 1. The fraction of sp³-hybridized carbons (Fsp3) is 0.200. The van der Waals surface area contributed by atoms with E-state index in [0.717, 1.165) is 47.8 Å². The van der Waals surface area contributed by atoms with Gasteiger partial charge in [-0.05, 0) is 80.1 Å². The lowest BCUT2D eigenvalue weighted by molar-refractivity contribution is -0.132. The van der Waals surface area contributed by atoms with Crippen LogP contribution in [-0.4, -0.2) is 21.8 Å². The minimum atomic E-state index is -0.793. The third-order valence-corrected chi connectivity index (χ3v) is 7.64. The summed E-state index contributed by atoms with van der Waals surface area (Å²) in [5.41, 5.74) is 6.20. The van der Waals surface area contributed by atoms with E-state index >= 15 is 0 Å². The molecule has 0 bridgehead atoms. The summed E-state index contributed by atoms with van der Waals surface area (Å²) < 4.78 is 0. The van der Waals surface area contributed by atoms with Crippen molar-refractivity contribution in [3.05, 3.63) is 105 Å². The highest BCUT2D eigenvalue weighted by Gasteiger charge is 2.48. The Morgan fingerprint density at radius 3 is 2.47 bits per heavy atom. The van der Waals surface area contributed by atoms with E-state index in [4.69, 9.17) is 11.6 Å². The van der Waals surface area contributed by atoms with Crippen molar-refractivity contribution in [3.8, 4) is 0 Å². The summed E-state index contributed by atoms with van der Waals surface area (Å²) in [4.78, 5) is 31.9. The molecule has 6 rings (SSSR count). The van der Waals surface area contributed by atoms with E-state index in [2.05, 4.69) is 4.98 Å². The van der Waals surface area contributed by atoms with Crippen LogP contribution in [0.4, 0.5) is 5.69 Å². The Balaban J connectivity index is 1.60. The molecule has 6 heteroatoms. The Kier molecular flexibility index (Phi) is 5.45. The molecule has 1 unspecified atom stereocenters. The van der Waals surface area contributed by atoms with Crippen LogP contribution in [0.25, 0.3) is 16.7 Å². The van der Waals surface area contributed by atoms with Crippen molar-refractivity contribution >= 4 is 45.6 Å². The van der Waals surface area contributed by atoms with Crippen molar-refractivity contribution in [1.82, 2.24) is 4.98 Å². The van der Waals surface area contributed by atoms with Crippen molar-refractivity contribution < 1.29 is 14.7 Å². The van der Waals surface area contributed by atoms with Gasteiger partial charge in [-0.25, -0.2) is 0 Å². The number of carbonyl (C=O) groups excluding carboxylic acids is 2. The number of halogens is 1. The van der Waals surface area contributed by atoms with E-state index in [1.807, 2.05) is 49.4 Å². The van der Waals surface area contributed by atoms with Crippen LogP contribution in [0.5, 0.6) is 0 Å². The van der Waals surface area contributed by atoms with Crippen LogP contribution < -0.4 is 4.90 Å². The molecule has 0 saturated carbocycles. The van der Waals surface area contributed by atoms with Gasteiger partial charge in [0.1, 0.15) is 5.76 Å². The van der Waals surface area contributed by atoms with Crippen molar-refractivity contribution in [2.75, 3.05) is 4.90 Å². The maximum atomic E-state index is 13.6. The van der Waals surface area contributed by atoms with E-state index in [0.29, 0.717) is 16.3 Å². The zero-order valence-electron chi connectivity index (χ0n) is 19.8. The number of Topliss-reactive ketones (excluding diaryl/α,β-unsaturated/α-hetero) is 1. The van der Waals surface area contributed by atoms with Gasteiger partial charge in [0.15, 0.2) is 0 Å². The Bertz CT molecular complexity index is 1570. The number of hydrogen-bond donors (Lipinski definition) is 2. The van der Waals surface area contributed by atoms with Crippen molar-refractivity contribution in [3.63, 3.8) is 0 Å². The summed E-state index contributed by atoms with van der Waals surface area (Å²) >= 11 is 6.12. The number of nitrogens with one attached hydrogen (secondary N) is 1. The molecule has 2 heterocycles. The first kappa shape index (κ1) is 22.6. The number of carbonyl (C=O) groups is 2. The summed E-state index contributed by atoms with van der Waals surface area (Å²) in [5, 5.41) is 13.0. The molecule has 5 nitrogen and oxygen atoms in total. The van der Waals surface area contributed by atoms with Crippen molar-refractivity contribution in [2.45, 2.75) is 38.6 Å². The second kappa shape index (κ2) is 8.68. The topological polar surface area (TPSA) is 73.4 Å². The van der Waals surface area contributed by atoms with Gasteiger partial charge in [0.05, 0.1) is 11.6 Å². The van der Waals surface area contributed by atoms with Crippen LogP contribution in [0, 0.1) is 6.92 Å². The molecule has 4 aromatic rings. The number of benzene rings is 3. The number of amides is 1. The number of aliphatic hydroxyl groups excluding tert-OH is 1. The molecule has 1 fully saturated rings. The van der Waals surface area contributed by atoms with E-state index in [1.54, 1.807) is 24.3 Å². The van der Waals surface area contributed by atoms with E-state index in [9.17, 15) is 14.7 Å². The van der Waals surface area contributed by atoms with Crippen LogP contribution in [-0.2, 0) is 22.4 Å². The second-order valence-corrected chi connectivity index (χ2v) is 9.98. The molecule has 180 valence electrons. The number of H-pyrrole nitrogens is 1. The molecule has 36 heavy (non-hydrogen) atoms. The van der Waals surface area contributed by atoms with E-state index in [-0.39, 0.29) is 11.3 Å². The average Bonchev–Trinajstić information content (AvgIpc) is 3.36. The fourth-order valence-electron chi connectivity index (χ4n) is 5.66. The first-order chi connectivity index (χ1) is 17.4. The minimum Gasteiger partial charge on any atom is -0.507 e. The summed E-state index contributed by atoms with van der Waals surface area (Å²) in [6.45, 7) is 1.93. The number of aromatic nitrogens is 1.